The number of H-pyrrole nitrogens is 1. The van der Waals surface area contributed by atoms with E-state index in [2.05, 4.69) is 41.2 Å². The van der Waals surface area contributed by atoms with Gasteiger partial charge in [0.15, 0.2) is 11.4 Å². The molecule has 6 heterocycles. The van der Waals surface area contributed by atoms with Gasteiger partial charge in [-0.2, -0.15) is 4.98 Å². The maximum Gasteiger partial charge on any atom is 0.297 e. The molecule has 19 heteroatoms. The van der Waals surface area contributed by atoms with E-state index in [4.69, 9.17) is 41.3 Å². The summed E-state index contributed by atoms with van der Waals surface area (Å²) < 4.78 is 55.4. The number of sulfone groups is 1. The first kappa shape index (κ1) is 44.9. The van der Waals surface area contributed by atoms with Crippen LogP contribution in [0.3, 0.4) is 0 Å². The van der Waals surface area contributed by atoms with Gasteiger partial charge in [0, 0.05) is 68.0 Å². The molecule has 2 fully saturated rings. The molecule has 2 atom stereocenters. The molecule has 5 aromatic rings. The molecular weight excluding hydrogens is 900 g/mol. The van der Waals surface area contributed by atoms with Crippen LogP contribution in [0.5, 0.6) is 11.6 Å². The Morgan fingerprint density at radius 3 is 2.54 bits per heavy atom. The van der Waals surface area contributed by atoms with Crippen LogP contribution in [0.2, 0.25) is 5.02 Å². The van der Waals surface area contributed by atoms with Crippen LogP contribution < -0.4 is 30.3 Å². The van der Waals surface area contributed by atoms with Crippen LogP contribution in [0.1, 0.15) is 55.5 Å². The first-order chi connectivity index (χ1) is 32.2. The summed E-state index contributed by atoms with van der Waals surface area (Å²) in [6.45, 7) is 9.11. The number of nitro groups is 1. The Kier molecular flexibility index (Phi) is 12.0. The second-order valence-corrected chi connectivity index (χ2v) is 20.9. The van der Waals surface area contributed by atoms with Gasteiger partial charge in [-0.25, -0.2) is 8.42 Å². The predicted molar refractivity (Wildman–Crippen MR) is 255 cm³/mol. The molecule has 3 aromatic carbocycles. The number of nitro benzene ring substituents is 1. The number of aromatic nitrogens is 2. The number of piperazine rings is 1. The van der Waals surface area contributed by atoms with Crippen LogP contribution in [0.25, 0.3) is 16.6 Å². The standard InChI is InChI=1S/C48H53ClN8O9S/c1-48(2)12-10-31(35(25-48)29-4-6-32(49)7-5-29)26-54-15-17-55(18-16-54)37-9-8-34(45(50)58)43(56-14-3-19-65-47-39(56)22-30-11-13-51-46(30)53-47)44(37)67(61,62)33-23-38(57(59)60)42-40(24-33)66-27-36(52-42)41-28-63-20-21-64-41/h4-9,11,13,22-24,36,41,52H,3,10,12,14-21,25-28H2,1-2H3,(H2,50,58)(H,51,53)/t36-,41-/m0/s1. The highest BCUT2D eigenvalue weighted by atomic mass is 35.5. The van der Waals surface area contributed by atoms with Crippen molar-refractivity contribution in [2.45, 2.75) is 61.5 Å². The zero-order chi connectivity index (χ0) is 46.6. The van der Waals surface area contributed by atoms with Gasteiger partial charge in [0.2, 0.25) is 15.7 Å². The molecule has 0 spiro atoms. The maximum atomic E-state index is 15.8. The Morgan fingerprint density at radius 1 is 0.985 bits per heavy atom. The minimum atomic E-state index is -4.76. The number of benzene rings is 3. The second-order valence-electron chi connectivity index (χ2n) is 18.6. The SMILES string of the molecule is CC1(C)CCC(CN2CCN(c3ccc(C(N)=O)c(N4CCCOc5nc6[nH]ccc6cc54)c3S(=O)(=O)c3cc4c(c([N+](=O)[O-])c3)N[C@H]([C@@H]3COCCO3)CO4)CC2)=C(c2ccc(Cl)cc2)C1. The molecule has 1 aliphatic carbocycles. The highest BCUT2D eigenvalue weighted by Crippen LogP contribution is 2.49. The van der Waals surface area contributed by atoms with Crippen LogP contribution in [-0.2, 0) is 19.3 Å². The summed E-state index contributed by atoms with van der Waals surface area (Å²) in [4.78, 5) is 39.3. The summed E-state index contributed by atoms with van der Waals surface area (Å²) in [5.74, 6) is -0.613. The van der Waals surface area contributed by atoms with Crippen LogP contribution in [-0.4, -0.2) is 119 Å². The average molecular weight is 954 g/mol. The van der Waals surface area contributed by atoms with E-state index in [0.29, 0.717) is 67.9 Å². The lowest BCUT2D eigenvalue weighted by molar-refractivity contribution is -0.384. The zero-order valence-electron chi connectivity index (χ0n) is 37.4. The minimum absolute atomic E-state index is 0.00512. The molecule has 0 bridgehead atoms. The van der Waals surface area contributed by atoms with Gasteiger partial charge in [-0.05, 0) is 78.6 Å². The molecule has 10 rings (SSSR count). The highest BCUT2D eigenvalue weighted by Gasteiger charge is 2.40. The number of halogens is 1. The number of carbonyl (C=O) groups is 1. The van der Waals surface area contributed by atoms with Crippen molar-refractivity contribution >= 4 is 72.4 Å². The zero-order valence-corrected chi connectivity index (χ0v) is 39.0. The first-order valence-corrected chi connectivity index (χ1v) is 24.6. The van der Waals surface area contributed by atoms with Gasteiger partial charge in [-0.15, -0.1) is 0 Å². The molecular formula is C48H53ClN8O9S. The van der Waals surface area contributed by atoms with Gasteiger partial charge < -0.3 is 44.8 Å². The quantitative estimate of drug-likeness (QED) is 0.0925. The molecule has 17 nitrogen and oxygen atoms in total. The van der Waals surface area contributed by atoms with Crippen LogP contribution in [0, 0.1) is 15.5 Å². The number of nitrogens with two attached hydrogens (primary N) is 1. The second kappa shape index (κ2) is 18.0. The predicted octanol–water partition coefficient (Wildman–Crippen LogP) is 7.35. The number of aromatic amines is 1. The summed E-state index contributed by atoms with van der Waals surface area (Å²) >= 11 is 6.29. The number of carbonyl (C=O) groups excluding carboxylic acids is 1. The third-order valence-corrected chi connectivity index (χ3v) is 15.6. The van der Waals surface area contributed by atoms with Crippen molar-refractivity contribution in [1.29, 1.82) is 0 Å². The van der Waals surface area contributed by atoms with E-state index >= 15 is 8.42 Å². The Morgan fingerprint density at radius 2 is 1.79 bits per heavy atom. The third kappa shape index (κ3) is 8.76. The number of anilines is 4. The number of nitrogens with zero attached hydrogens (tertiary/aromatic N) is 5. The molecule has 5 aliphatic rings. The topological polar surface area (TPSA) is 208 Å². The fraction of sp³-hybridized carbons (Fsp3) is 0.417. The number of fused-ring (bicyclic) bond motifs is 3. The molecule has 0 radical (unpaired) electrons. The number of nitrogens with one attached hydrogen (secondary N) is 2. The van der Waals surface area contributed by atoms with Crippen molar-refractivity contribution in [2.24, 2.45) is 11.1 Å². The molecule has 0 unspecified atom stereocenters. The highest BCUT2D eigenvalue weighted by molar-refractivity contribution is 7.91. The van der Waals surface area contributed by atoms with Gasteiger partial charge >= 0.3 is 0 Å². The maximum absolute atomic E-state index is 15.8. The average Bonchev–Trinajstić information content (AvgIpc) is 3.69. The van der Waals surface area contributed by atoms with Crippen molar-refractivity contribution in [1.82, 2.24) is 14.9 Å². The van der Waals surface area contributed by atoms with E-state index in [1.165, 1.54) is 22.8 Å². The summed E-state index contributed by atoms with van der Waals surface area (Å²) in [5.41, 5.74) is 11.1. The summed E-state index contributed by atoms with van der Waals surface area (Å²) in [5, 5.41) is 17.5. The van der Waals surface area contributed by atoms with Crippen LogP contribution in [0.15, 0.2) is 82.2 Å². The number of ether oxygens (including phenoxy) is 4. The fourth-order valence-electron chi connectivity index (χ4n) is 10.0. The smallest absolute Gasteiger partial charge is 0.297 e. The number of hydrogen-bond acceptors (Lipinski definition) is 14. The molecule has 2 aromatic heterocycles. The minimum Gasteiger partial charge on any atom is -0.489 e. The molecule has 4 aliphatic heterocycles. The third-order valence-electron chi connectivity index (χ3n) is 13.6. The number of allylic oxidation sites excluding steroid dienone is 1. The number of rotatable bonds is 10. The van der Waals surface area contributed by atoms with Crippen molar-refractivity contribution in [3.8, 4) is 11.6 Å². The van der Waals surface area contributed by atoms with Crippen LogP contribution >= 0.6 is 11.6 Å². The molecule has 1 amide bonds. The molecule has 0 saturated carbocycles. The lowest BCUT2D eigenvalue weighted by Crippen LogP contribution is -2.47. The van der Waals surface area contributed by atoms with Gasteiger partial charge in [0.1, 0.15) is 28.9 Å². The Bertz CT molecular complexity index is 2890. The van der Waals surface area contributed by atoms with E-state index in [-0.39, 0.29) is 70.1 Å². The van der Waals surface area contributed by atoms with Gasteiger partial charge in [-0.1, -0.05) is 43.2 Å². The Balaban J connectivity index is 1.07. The van der Waals surface area contributed by atoms with Crippen LogP contribution in [0.4, 0.5) is 28.4 Å². The fourth-order valence-corrected chi connectivity index (χ4v) is 11.9. The van der Waals surface area contributed by atoms with Crippen molar-refractivity contribution in [2.75, 3.05) is 87.4 Å². The summed E-state index contributed by atoms with van der Waals surface area (Å²) in [6.07, 6.45) is 4.73. The molecule has 67 heavy (non-hydrogen) atoms. The van der Waals surface area contributed by atoms with Gasteiger partial charge in [-0.3, -0.25) is 19.8 Å². The number of primary amides is 1. The van der Waals surface area contributed by atoms with Crippen molar-refractivity contribution in [3.63, 3.8) is 0 Å². The molecule has 2 saturated heterocycles. The number of hydrogen-bond donors (Lipinski definition) is 3. The van der Waals surface area contributed by atoms with E-state index in [0.717, 1.165) is 37.3 Å². The normalized spacial score (nSPS) is 21.1. The molecule has 4 N–H and O–H groups in total. The Labute approximate surface area is 393 Å². The largest absolute Gasteiger partial charge is 0.489 e. The molecule has 352 valence electrons. The van der Waals surface area contributed by atoms with E-state index < -0.39 is 38.5 Å². The summed E-state index contributed by atoms with van der Waals surface area (Å²) in [7, 11) is -4.76. The number of pyridine rings is 1. The lowest BCUT2D eigenvalue weighted by Gasteiger charge is -2.40. The number of amides is 1. The van der Waals surface area contributed by atoms with E-state index in [9.17, 15) is 14.9 Å². The monoisotopic (exact) mass is 952 g/mol. The van der Waals surface area contributed by atoms with E-state index in [1.807, 2.05) is 29.2 Å². The van der Waals surface area contributed by atoms with Gasteiger partial charge in [0.05, 0.1) is 59.2 Å². The Hall–Kier alpha value is -5.92. The summed E-state index contributed by atoms with van der Waals surface area (Å²) in [6, 6.07) is 16.8. The van der Waals surface area contributed by atoms with Gasteiger partial charge in [0.25, 0.3) is 11.6 Å². The van der Waals surface area contributed by atoms with Crippen molar-refractivity contribution < 1.29 is 37.1 Å². The first-order valence-electron chi connectivity index (χ1n) is 22.7. The van der Waals surface area contributed by atoms with Crippen molar-refractivity contribution in [3.05, 3.63) is 98.7 Å². The lowest BCUT2D eigenvalue weighted by atomic mass is 9.72. The van der Waals surface area contributed by atoms with E-state index in [1.54, 1.807) is 23.2 Å².